The van der Waals surface area contributed by atoms with Crippen LogP contribution in [0.1, 0.15) is 37.7 Å². The van der Waals surface area contributed by atoms with E-state index in [-0.39, 0.29) is 0 Å². The Kier molecular flexibility index (Phi) is 4.86. The zero-order valence-electron chi connectivity index (χ0n) is 12.6. The van der Waals surface area contributed by atoms with Gasteiger partial charge < -0.3 is 10.6 Å². The molecule has 2 fully saturated rings. The highest BCUT2D eigenvalue weighted by Gasteiger charge is 2.42. The molecule has 2 bridgehead atoms. The van der Waals surface area contributed by atoms with Crippen LogP contribution in [0.15, 0.2) is 24.5 Å². The lowest BCUT2D eigenvalue weighted by molar-refractivity contribution is -0.126. The second-order valence-corrected chi connectivity index (χ2v) is 6.46. The molecule has 2 saturated carbocycles. The molecule has 0 radical (unpaired) electrons. The van der Waals surface area contributed by atoms with Crippen LogP contribution in [0.5, 0.6) is 0 Å². The monoisotopic (exact) mass is 287 g/mol. The van der Waals surface area contributed by atoms with Gasteiger partial charge in [0.2, 0.25) is 5.91 Å². The largest absolute Gasteiger partial charge is 0.356 e. The third-order valence-electron chi connectivity index (χ3n) is 4.96. The van der Waals surface area contributed by atoms with Gasteiger partial charge >= 0.3 is 0 Å². The Hall–Kier alpha value is -1.42. The van der Waals surface area contributed by atoms with E-state index in [9.17, 15) is 4.79 Å². The van der Waals surface area contributed by atoms with Gasteiger partial charge in [0.05, 0.1) is 0 Å². The maximum Gasteiger partial charge on any atom is 0.223 e. The predicted octanol–water partition coefficient (Wildman–Crippen LogP) is 2.11. The summed E-state index contributed by atoms with van der Waals surface area (Å²) in [4.78, 5) is 16.2. The van der Waals surface area contributed by atoms with E-state index in [2.05, 4.69) is 21.7 Å². The molecule has 4 nitrogen and oxygen atoms in total. The molecule has 1 amide bonds. The van der Waals surface area contributed by atoms with Crippen molar-refractivity contribution >= 4 is 5.91 Å². The van der Waals surface area contributed by atoms with Gasteiger partial charge in [-0.05, 0) is 55.7 Å². The molecule has 0 aliphatic heterocycles. The van der Waals surface area contributed by atoms with Gasteiger partial charge in [-0.1, -0.05) is 12.5 Å². The summed E-state index contributed by atoms with van der Waals surface area (Å²) < 4.78 is 0. The van der Waals surface area contributed by atoms with Crippen LogP contribution in [-0.2, 0) is 11.3 Å². The van der Waals surface area contributed by atoms with Crippen LogP contribution in [0.25, 0.3) is 0 Å². The highest BCUT2D eigenvalue weighted by molar-refractivity contribution is 5.79. The molecule has 3 rings (SSSR count). The summed E-state index contributed by atoms with van der Waals surface area (Å²) >= 11 is 0. The van der Waals surface area contributed by atoms with Crippen LogP contribution in [0, 0.1) is 17.8 Å². The highest BCUT2D eigenvalue weighted by atomic mass is 16.1. The molecule has 1 aromatic heterocycles. The van der Waals surface area contributed by atoms with E-state index in [1.807, 2.05) is 12.3 Å². The van der Waals surface area contributed by atoms with E-state index in [0.717, 1.165) is 38.4 Å². The van der Waals surface area contributed by atoms with Crippen LogP contribution < -0.4 is 10.6 Å². The van der Waals surface area contributed by atoms with Gasteiger partial charge in [0.1, 0.15) is 0 Å². The fraction of sp³-hybridized carbons (Fsp3) is 0.647. The molecule has 3 unspecified atom stereocenters. The number of fused-ring (bicyclic) bond motifs is 2. The van der Waals surface area contributed by atoms with Gasteiger partial charge in [0.25, 0.3) is 0 Å². The van der Waals surface area contributed by atoms with Crippen molar-refractivity contribution in [1.29, 1.82) is 0 Å². The van der Waals surface area contributed by atoms with Crippen LogP contribution in [0.2, 0.25) is 0 Å². The number of rotatable bonds is 7. The molecule has 2 N–H and O–H groups in total. The van der Waals surface area contributed by atoms with E-state index in [1.165, 1.54) is 24.8 Å². The van der Waals surface area contributed by atoms with Crippen molar-refractivity contribution in [3.05, 3.63) is 30.1 Å². The zero-order valence-corrected chi connectivity index (χ0v) is 12.6. The number of nitrogens with one attached hydrogen (secondary N) is 2. The Balaban J connectivity index is 1.26. The van der Waals surface area contributed by atoms with Gasteiger partial charge in [-0.3, -0.25) is 9.78 Å². The summed E-state index contributed by atoms with van der Waals surface area (Å²) in [5, 5.41) is 6.50. The summed E-state index contributed by atoms with van der Waals surface area (Å²) in [7, 11) is 0. The molecular formula is C17H25N3O. The number of carbonyl (C=O) groups is 1. The minimum atomic E-state index is 0.300. The Labute approximate surface area is 126 Å². The first-order chi connectivity index (χ1) is 10.3. The number of aromatic nitrogens is 1. The van der Waals surface area contributed by atoms with Gasteiger partial charge in [-0.25, -0.2) is 0 Å². The molecular weight excluding hydrogens is 262 g/mol. The summed E-state index contributed by atoms with van der Waals surface area (Å²) in [5.41, 5.74) is 1.20. The maximum atomic E-state index is 12.1. The Bertz CT molecular complexity index is 462. The number of amides is 1. The topological polar surface area (TPSA) is 54.0 Å². The number of nitrogens with zero attached hydrogens (tertiary/aromatic N) is 1. The van der Waals surface area contributed by atoms with Gasteiger partial charge in [0.15, 0.2) is 0 Å². The van der Waals surface area contributed by atoms with Gasteiger partial charge in [-0.15, -0.1) is 0 Å². The number of hydrogen-bond acceptors (Lipinski definition) is 3. The number of hydrogen-bond donors (Lipinski definition) is 2. The summed E-state index contributed by atoms with van der Waals surface area (Å²) in [5.74, 6) is 2.13. The van der Waals surface area contributed by atoms with E-state index in [4.69, 9.17) is 0 Å². The summed E-state index contributed by atoms with van der Waals surface area (Å²) in [6.07, 6.45) is 9.70. The number of pyridine rings is 1. The second kappa shape index (κ2) is 7.03. The average Bonchev–Trinajstić information content (AvgIpc) is 3.14. The lowest BCUT2D eigenvalue weighted by atomic mass is 9.88. The minimum absolute atomic E-state index is 0.300. The van der Waals surface area contributed by atoms with E-state index in [0.29, 0.717) is 17.7 Å². The van der Waals surface area contributed by atoms with Crippen molar-refractivity contribution in [3.63, 3.8) is 0 Å². The normalized spacial score (nSPS) is 27.0. The lowest BCUT2D eigenvalue weighted by Crippen LogP contribution is -2.35. The SMILES string of the molecule is O=C(NCCCNCc1cccnc1)C1CC2CCC1C2. The zero-order chi connectivity index (χ0) is 14.5. The van der Waals surface area contributed by atoms with Crippen molar-refractivity contribution in [2.75, 3.05) is 13.1 Å². The third-order valence-corrected chi connectivity index (χ3v) is 4.96. The van der Waals surface area contributed by atoms with Crippen molar-refractivity contribution in [2.45, 2.75) is 38.6 Å². The molecule has 4 heteroatoms. The van der Waals surface area contributed by atoms with E-state index >= 15 is 0 Å². The Morgan fingerprint density at radius 2 is 2.24 bits per heavy atom. The standard InChI is InChI=1S/C17H25N3O/c21-17(16-10-13-4-5-15(16)9-13)20-8-2-7-19-12-14-3-1-6-18-11-14/h1,3,6,11,13,15-16,19H,2,4-5,7-10,12H2,(H,20,21). The van der Waals surface area contributed by atoms with Crippen molar-refractivity contribution in [3.8, 4) is 0 Å². The molecule has 0 spiro atoms. The molecule has 1 heterocycles. The van der Waals surface area contributed by atoms with Crippen LogP contribution in [0.4, 0.5) is 0 Å². The van der Waals surface area contributed by atoms with Crippen LogP contribution in [0.3, 0.4) is 0 Å². The lowest BCUT2D eigenvalue weighted by Gasteiger charge is -2.20. The Morgan fingerprint density at radius 1 is 1.29 bits per heavy atom. The number of carbonyl (C=O) groups excluding carboxylic acids is 1. The van der Waals surface area contributed by atoms with Crippen LogP contribution >= 0.6 is 0 Å². The fourth-order valence-electron chi connectivity index (χ4n) is 3.86. The van der Waals surface area contributed by atoms with Crippen LogP contribution in [-0.4, -0.2) is 24.0 Å². The molecule has 1 aromatic rings. The third kappa shape index (κ3) is 3.82. The first-order valence-corrected chi connectivity index (χ1v) is 8.20. The highest BCUT2D eigenvalue weighted by Crippen LogP contribution is 2.48. The first kappa shape index (κ1) is 14.5. The van der Waals surface area contributed by atoms with Crippen molar-refractivity contribution in [2.24, 2.45) is 17.8 Å². The predicted molar refractivity (Wildman–Crippen MR) is 82.5 cm³/mol. The van der Waals surface area contributed by atoms with E-state index < -0.39 is 0 Å². The molecule has 21 heavy (non-hydrogen) atoms. The second-order valence-electron chi connectivity index (χ2n) is 6.46. The maximum absolute atomic E-state index is 12.1. The average molecular weight is 287 g/mol. The first-order valence-electron chi connectivity index (χ1n) is 8.20. The summed E-state index contributed by atoms with van der Waals surface area (Å²) in [6, 6.07) is 4.02. The van der Waals surface area contributed by atoms with Gasteiger partial charge in [-0.2, -0.15) is 0 Å². The minimum Gasteiger partial charge on any atom is -0.356 e. The molecule has 0 aromatic carbocycles. The molecule has 3 atom stereocenters. The van der Waals surface area contributed by atoms with E-state index in [1.54, 1.807) is 6.20 Å². The quantitative estimate of drug-likeness (QED) is 0.755. The van der Waals surface area contributed by atoms with Gasteiger partial charge in [0, 0.05) is 31.4 Å². The van der Waals surface area contributed by atoms with Crippen molar-refractivity contribution in [1.82, 2.24) is 15.6 Å². The molecule has 114 valence electrons. The van der Waals surface area contributed by atoms with Crippen molar-refractivity contribution < 1.29 is 4.79 Å². The fourth-order valence-corrected chi connectivity index (χ4v) is 3.86. The summed E-state index contributed by atoms with van der Waals surface area (Å²) in [6.45, 7) is 2.55. The molecule has 2 aliphatic carbocycles. The molecule has 2 aliphatic rings. The smallest absolute Gasteiger partial charge is 0.223 e. The Morgan fingerprint density at radius 3 is 2.95 bits per heavy atom. The molecule has 0 saturated heterocycles.